The van der Waals surface area contributed by atoms with E-state index in [0.717, 1.165) is 4.42 Å². The molecule has 1 N–H and O–H groups in total. The normalized spacial score (nSPS) is 9.22. The summed E-state index contributed by atoms with van der Waals surface area (Å²) in [6.07, 6.45) is 0. The lowest BCUT2D eigenvalue weighted by atomic mass is 10.6. The summed E-state index contributed by atoms with van der Waals surface area (Å²) in [7, 11) is 0. The van der Waals surface area contributed by atoms with E-state index in [2.05, 4.69) is 4.84 Å². The summed E-state index contributed by atoms with van der Waals surface area (Å²) in [5.41, 5.74) is 0. The third-order valence-corrected chi connectivity index (χ3v) is 1.34. The fourth-order valence-corrected chi connectivity index (χ4v) is 0.467. The Hall–Kier alpha value is 0.01000. The molecule has 0 atom stereocenters. The molecule has 54 valence electrons. The van der Waals surface area contributed by atoms with Gasteiger partial charge in [-0.05, 0) is 11.8 Å². The molecule has 0 aliphatic rings. The zero-order valence-corrected chi connectivity index (χ0v) is 6.54. The second kappa shape index (κ2) is 4.85. The Balaban J connectivity index is 3.27. The predicted molar refractivity (Wildman–Crippen MR) is 37.1 cm³/mol. The lowest BCUT2D eigenvalue weighted by molar-refractivity contribution is -0.124. The van der Waals surface area contributed by atoms with Gasteiger partial charge in [0.05, 0.1) is 6.54 Å². The molecule has 0 aromatic rings. The van der Waals surface area contributed by atoms with Crippen molar-refractivity contribution in [3.05, 3.63) is 0 Å². The molecule has 1 amide bonds. The Morgan fingerprint density at radius 1 is 1.78 bits per heavy atom. The van der Waals surface area contributed by atoms with Gasteiger partial charge in [-0.25, -0.2) is 4.84 Å². The fraction of sp³-hybridized carbons (Fsp3) is 0.750. The zero-order valence-electron chi connectivity index (χ0n) is 5.03. The van der Waals surface area contributed by atoms with Gasteiger partial charge in [-0.15, -0.1) is 0 Å². The second-order valence-electron chi connectivity index (χ2n) is 1.49. The molecule has 0 fully saturated rings. The third-order valence-electron chi connectivity index (χ3n) is 0.744. The van der Waals surface area contributed by atoms with E-state index < -0.39 is 0 Å². The number of nitrogens with one attached hydrogen (secondary N) is 1. The highest BCUT2D eigenvalue weighted by Crippen LogP contribution is 1.91. The average Bonchev–Trinajstić information content (AvgIpc) is 1.82. The van der Waals surface area contributed by atoms with Gasteiger partial charge >= 0.3 is 0 Å². The van der Waals surface area contributed by atoms with Crippen molar-refractivity contribution in [1.29, 1.82) is 0 Å². The van der Waals surface area contributed by atoms with E-state index in [-0.39, 0.29) is 5.91 Å². The standard InChI is InChI=1S/C4H8Cl2N2O/c1-4(9)8(6)3-2-7-5/h7H,2-3H2,1H3. The molecule has 5 heteroatoms. The number of hydrogen-bond donors (Lipinski definition) is 1. The van der Waals surface area contributed by atoms with E-state index in [4.69, 9.17) is 23.6 Å². The van der Waals surface area contributed by atoms with Crippen molar-refractivity contribution >= 4 is 29.5 Å². The Labute approximate surface area is 64.1 Å². The average molecular weight is 171 g/mol. The van der Waals surface area contributed by atoms with Crippen molar-refractivity contribution < 1.29 is 4.79 Å². The highest BCUT2D eigenvalue weighted by molar-refractivity contribution is 6.21. The number of carbonyl (C=O) groups excluding carboxylic acids is 1. The van der Waals surface area contributed by atoms with E-state index in [1.165, 1.54) is 6.92 Å². The highest BCUT2D eigenvalue weighted by Gasteiger charge is 2.01. The van der Waals surface area contributed by atoms with Crippen LogP contribution in [0.1, 0.15) is 6.92 Å². The largest absolute Gasteiger partial charge is 0.274 e. The molecular formula is C4H8Cl2N2O. The van der Waals surface area contributed by atoms with Crippen LogP contribution in [0.4, 0.5) is 0 Å². The minimum atomic E-state index is -0.177. The van der Waals surface area contributed by atoms with Crippen LogP contribution >= 0.6 is 23.6 Å². The van der Waals surface area contributed by atoms with Crippen molar-refractivity contribution in [1.82, 2.24) is 9.25 Å². The van der Waals surface area contributed by atoms with E-state index >= 15 is 0 Å². The Morgan fingerprint density at radius 3 is 2.67 bits per heavy atom. The topological polar surface area (TPSA) is 32.3 Å². The second-order valence-corrected chi connectivity index (χ2v) is 2.16. The first-order chi connectivity index (χ1) is 4.18. The lowest BCUT2D eigenvalue weighted by Crippen LogP contribution is -2.25. The van der Waals surface area contributed by atoms with Crippen molar-refractivity contribution in [3.63, 3.8) is 0 Å². The van der Waals surface area contributed by atoms with Gasteiger partial charge in [0.1, 0.15) is 0 Å². The van der Waals surface area contributed by atoms with Crippen LogP contribution in [0, 0.1) is 0 Å². The maximum atomic E-state index is 10.4. The maximum Gasteiger partial charge on any atom is 0.233 e. The molecule has 0 saturated carbocycles. The molecule has 0 heterocycles. The maximum absolute atomic E-state index is 10.4. The summed E-state index contributed by atoms with van der Waals surface area (Å²) in [4.78, 5) is 12.7. The van der Waals surface area contributed by atoms with Gasteiger partial charge in [0.15, 0.2) is 0 Å². The van der Waals surface area contributed by atoms with Crippen LogP contribution in [-0.2, 0) is 4.79 Å². The highest BCUT2D eigenvalue weighted by atomic mass is 35.5. The fourth-order valence-electron chi connectivity index (χ4n) is 0.298. The van der Waals surface area contributed by atoms with Crippen LogP contribution in [0.2, 0.25) is 0 Å². The molecule has 0 rings (SSSR count). The van der Waals surface area contributed by atoms with Crippen LogP contribution in [0.5, 0.6) is 0 Å². The number of rotatable bonds is 3. The van der Waals surface area contributed by atoms with Gasteiger partial charge in [0.2, 0.25) is 5.91 Å². The van der Waals surface area contributed by atoms with E-state index in [0.29, 0.717) is 13.1 Å². The molecule has 0 unspecified atom stereocenters. The quantitative estimate of drug-likeness (QED) is 0.635. The first-order valence-corrected chi connectivity index (χ1v) is 3.17. The van der Waals surface area contributed by atoms with Crippen LogP contribution < -0.4 is 4.84 Å². The van der Waals surface area contributed by atoms with Gasteiger partial charge in [-0.3, -0.25) is 9.21 Å². The minimum absolute atomic E-state index is 0.177. The van der Waals surface area contributed by atoms with E-state index in [9.17, 15) is 4.79 Å². The van der Waals surface area contributed by atoms with E-state index in [1.807, 2.05) is 0 Å². The summed E-state index contributed by atoms with van der Waals surface area (Å²) < 4.78 is 1.06. The zero-order chi connectivity index (χ0) is 7.28. The summed E-state index contributed by atoms with van der Waals surface area (Å²) in [6.45, 7) is 2.30. The summed E-state index contributed by atoms with van der Waals surface area (Å²) in [5.74, 6) is -0.177. The van der Waals surface area contributed by atoms with Crippen molar-refractivity contribution in [2.75, 3.05) is 13.1 Å². The molecule has 0 radical (unpaired) electrons. The SMILES string of the molecule is CC(=O)N(Cl)CCNCl. The molecule has 0 aromatic heterocycles. The molecule has 9 heavy (non-hydrogen) atoms. The Bertz CT molecular complexity index is 98.6. The Morgan fingerprint density at radius 2 is 2.33 bits per heavy atom. The molecule has 0 aromatic carbocycles. The van der Waals surface area contributed by atoms with Crippen molar-refractivity contribution in [2.45, 2.75) is 6.92 Å². The van der Waals surface area contributed by atoms with E-state index in [1.54, 1.807) is 0 Å². The first-order valence-electron chi connectivity index (χ1n) is 2.46. The van der Waals surface area contributed by atoms with Crippen LogP contribution in [0.15, 0.2) is 0 Å². The number of halogens is 2. The molecule has 0 saturated heterocycles. The number of carbonyl (C=O) groups is 1. The Kier molecular flexibility index (Phi) is 4.85. The number of hydrogen-bond acceptors (Lipinski definition) is 2. The predicted octanol–water partition coefficient (Wildman–Crippen LogP) is 0.732. The molecule has 0 bridgehead atoms. The van der Waals surface area contributed by atoms with Gasteiger partial charge in [0, 0.05) is 25.2 Å². The van der Waals surface area contributed by atoms with Crippen LogP contribution in [0.3, 0.4) is 0 Å². The minimum Gasteiger partial charge on any atom is -0.274 e. The van der Waals surface area contributed by atoms with Gasteiger partial charge in [-0.1, -0.05) is 0 Å². The van der Waals surface area contributed by atoms with Crippen LogP contribution in [0.25, 0.3) is 0 Å². The van der Waals surface area contributed by atoms with Crippen molar-refractivity contribution in [3.8, 4) is 0 Å². The molecule has 0 spiro atoms. The smallest absolute Gasteiger partial charge is 0.233 e. The first kappa shape index (κ1) is 9.01. The molecule has 3 nitrogen and oxygen atoms in total. The summed E-state index contributed by atoms with van der Waals surface area (Å²) in [5, 5.41) is 0. The van der Waals surface area contributed by atoms with Gasteiger partial charge in [0.25, 0.3) is 0 Å². The number of amides is 1. The third kappa shape index (κ3) is 4.51. The van der Waals surface area contributed by atoms with Gasteiger partial charge in [-0.2, -0.15) is 0 Å². The monoisotopic (exact) mass is 170 g/mol. The van der Waals surface area contributed by atoms with Crippen molar-refractivity contribution in [2.24, 2.45) is 0 Å². The lowest BCUT2D eigenvalue weighted by Gasteiger charge is -2.08. The van der Waals surface area contributed by atoms with Gasteiger partial charge < -0.3 is 0 Å². The van der Waals surface area contributed by atoms with Crippen LogP contribution in [-0.4, -0.2) is 23.4 Å². The summed E-state index contributed by atoms with van der Waals surface area (Å²) in [6, 6.07) is 0. The summed E-state index contributed by atoms with van der Waals surface area (Å²) >= 11 is 10.5. The molecular weight excluding hydrogens is 163 g/mol. The molecule has 0 aliphatic heterocycles. The molecule has 0 aliphatic carbocycles. The number of nitrogens with zero attached hydrogens (tertiary/aromatic N) is 1.